The lowest BCUT2D eigenvalue weighted by molar-refractivity contribution is 0.0696. The van der Waals surface area contributed by atoms with Crippen molar-refractivity contribution in [3.05, 3.63) is 27.8 Å². The van der Waals surface area contributed by atoms with Gasteiger partial charge in [0.25, 0.3) is 5.56 Å². The summed E-state index contributed by atoms with van der Waals surface area (Å²) in [5.41, 5.74) is 0.0539. The molecule has 0 aromatic carbocycles. The molecular formula is C9H8N2O4. The maximum atomic E-state index is 11.7. The van der Waals surface area contributed by atoms with Crippen LogP contribution >= 0.6 is 0 Å². The maximum Gasteiger partial charge on any atom is 0.341 e. The van der Waals surface area contributed by atoms with Crippen molar-refractivity contribution in [2.75, 3.05) is 0 Å². The SMILES string of the molecule is Cc1noc2c(C(=O)O)cn(C)c(=O)c12. The van der Waals surface area contributed by atoms with Crippen molar-refractivity contribution in [1.29, 1.82) is 0 Å². The minimum atomic E-state index is -1.15. The van der Waals surface area contributed by atoms with Crippen LogP contribution in [0.5, 0.6) is 0 Å². The molecule has 15 heavy (non-hydrogen) atoms. The monoisotopic (exact) mass is 208 g/mol. The summed E-state index contributed by atoms with van der Waals surface area (Å²) in [6.45, 7) is 1.60. The lowest BCUT2D eigenvalue weighted by Gasteiger charge is -1.99. The number of fused-ring (bicyclic) bond motifs is 1. The molecule has 0 aliphatic rings. The van der Waals surface area contributed by atoms with Crippen LogP contribution in [0.25, 0.3) is 11.0 Å². The first-order valence-electron chi connectivity index (χ1n) is 4.21. The van der Waals surface area contributed by atoms with Crippen molar-refractivity contribution >= 4 is 16.9 Å². The number of rotatable bonds is 1. The van der Waals surface area contributed by atoms with E-state index in [2.05, 4.69) is 5.16 Å². The lowest BCUT2D eigenvalue weighted by atomic mass is 10.2. The Labute approximate surface area is 83.7 Å². The van der Waals surface area contributed by atoms with Crippen LogP contribution in [0.4, 0.5) is 0 Å². The molecule has 0 unspecified atom stereocenters. The van der Waals surface area contributed by atoms with Crippen molar-refractivity contribution in [3.63, 3.8) is 0 Å². The fourth-order valence-corrected chi connectivity index (χ4v) is 1.45. The van der Waals surface area contributed by atoms with Gasteiger partial charge >= 0.3 is 5.97 Å². The zero-order valence-corrected chi connectivity index (χ0v) is 8.14. The smallest absolute Gasteiger partial charge is 0.341 e. The van der Waals surface area contributed by atoms with E-state index in [0.29, 0.717) is 5.69 Å². The number of carboxylic acids is 1. The number of aryl methyl sites for hydroxylation is 2. The lowest BCUT2D eigenvalue weighted by Crippen LogP contribution is -2.18. The van der Waals surface area contributed by atoms with E-state index in [1.54, 1.807) is 6.92 Å². The van der Waals surface area contributed by atoms with E-state index in [4.69, 9.17) is 9.63 Å². The van der Waals surface area contributed by atoms with E-state index < -0.39 is 5.97 Å². The summed E-state index contributed by atoms with van der Waals surface area (Å²) in [6.07, 6.45) is 1.22. The fourth-order valence-electron chi connectivity index (χ4n) is 1.45. The largest absolute Gasteiger partial charge is 0.477 e. The highest BCUT2D eigenvalue weighted by Crippen LogP contribution is 2.17. The molecule has 0 bridgehead atoms. The van der Waals surface area contributed by atoms with Crippen LogP contribution in [-0.4, -0.2) is 20.8 Å². The second kappa shape index (κ2) is 2.94. The summed E-state index contributed by atoms with van der Waals surface area (Å²) in [6, 6.07) is 0. The van der Waals surface area contributed by atoms with Gasteiger partial charge in [-0.2, -0.15) is 0 Å². The molecule has 0 amide bonds. The Kier molecular flexibility index (Phi) is 1.85. The highest BCUT2D eigenvalue weighted by atomic mass is 16.5. The van der Waals surface area contributed by atoms with Crippen LogP contribution in [0.3, 0.4) is 0 Å². The number of nitrogens with zero attached hydrogens (tertiary/aromatic N) is 2. The number of aromatic carboxylic acids is 1. The third-order valence-electron chi connectivity index (χ3n) is 2.19. The summed E-state index contributed by atoms with van der Waals surface area (Å²) in [5, 5.41) is 12.7. The van der Waals surface area contributed by atoms with Crippen molar-refractivity contribution < 1.29 is 14.4 Å². The summed E-state index contributed by atoms with van der Waals surface area (Å²) in [4.78, 5) is 22.5. The van der Waals surface area contributed by atoms with Crippen LogP contribution < -0.4 is 5.56 Å². The zero-order valence-electron chi connectivity index (χ0n) is 8.14. The molecule has 6 nitrogen and oxygen atoms in total. The third-order valence-corrected chi connectivity index (χ3v) is 2.19. The van der Waals surface area contributed by atoms with Gasteiger partial charge in [0.1, 0.15) is 10.9 Å². The van der Waals surface area contributed by atoms with Crippen LogP contribution in [0.15, 0.2) is 15.5 Å². The number of carboxylic acid groups (broad SMARTS) is 1. The van der Waals surface area contributed by atoms with E-state index in [0.717, 1.165) is 0 Å². The average molecular weight is 208 g/mol. The average Bonchev–Trinajstić information content (AvgIpc) is 2.54. The van der Waals surface area contributed by atoms with Gasteiger partial charge in [0.15, 0.2) is 5.58 Å². The van der Waals surface area contributed by atoms with Gasteiger partial charge in [0.2, 0.25) is 0 Å². The third kappa shape index (κ3) is 1.22. The van der Waals surface area contributed by atoms with Gasteiger partial charge in [-0.3, -0.25) is 4.79 Å². The first-order chi connectivity index (χ1) is 7.02. The van der Waals surface area contributed by atoms with E-state index in [-0.39, 0.29) is 22.1 Å². The van der Waals surface area contributed by atoms with E-state index in [1.165, 1.54) is 17.8 Å². The fraction of sp³-hybridized carbons (Fsp3) is 0.222. The molecule has 2 rings (SSSR count). The standard InChI is InChI=1S/C9H8N2O4/c1-4-6-7(15-10-4)5(9(13)14)3-11(2)8(6)12/h3H,1-2H3,(H,13,14). The first-order valence-corrected chi connectivity index (χ1v) is 4.21. The predicted octanol–water partition coefficient (Wildman–Crippen LogP) is 0.533. The number of pyridine rings is 1. The molecule has 2 heterocycles. The van der Waals surface area contributed by atoms with Crippen molar-refractivity contribution in [2.24, 2.45) is 7.05 Å². The quantitative estimate of drug-likeness (QED) is 0.738. The molecule has 0 saturated carbocycles. The summed E-state index contributed by atoms with van der Waals surface area (Å²) in [7, 11) is 1.49. The molecule has 0 aliphatic heterocycles. The highest BCUT2D eigenvalue weighted by molar-refractivity contribution is 6.00. The molecule has 0 fully saturated rings. The number of aromatic nitrogens is 2. The van der Waals surface area contributed by atoms with E-state index in [9.17, 15) is 9.59 Å². The molecule has 0 radical (unpaired) electrons. The molecule has 0 aliphatic carbocycles. The van der Waals surface area contributed by atoms with Crippen molar-refractivity contribution in [2.45, 2.75) is 6.92 Å². The molecule has 2 aromatic heterocycles. The Balaban J connectivity index is 3.03. The number of hydrogen-bond donors (Lipinski definition) is 1. The number of hydrogen-bond acceptors (Lipinski definition) is 4. The second-order valence-electron chi connectivity index (χ2n) is 3.24. The molecule has 0 atom stereocenters. The van der Waals surface area contributed by atoms with E-state index >= 15 is 0 Å². The van der Waals surface area contributed by atoms with Gasteiger partial charge in [0, 0.05) is 13.2 Å². The Morgan fingerprint density at radius 2 is 2.27 bits per heavy atom. The normalized spacial score (nSPS) is 10.8. The Morgan fingerprint density at radius 1 is 1.60 bits per heavy atom. The van der Waals surface area contributed by atoms with Gasteiger partial charge in [-0.05, 0) is 6.92 Å². The Morgan fingerprint density at radius 3 is 2.87 bits per heavy atom. The van der Waals surface area contributed by atoms with Gasteiger partial charge in [-0.25, -0.2) is 4.79 Å². The number of carbonyl (C=O) groups is 1. The van der Waals surface area contributed by atoms with Gasteiger partial charge in [-0.1, -0.05) is 5.16 Å². The molecular weight excluding hydrogens is 200 g/mol. The Hall–Kier alpha value is -2.11. The van der Waals surface area contributed by atoms with Gasteiger partial charge < -0.3 is 14.2 Å². The first kappa shape index (κ1) is 9.45. The Bertz CT molecular complexity index is 608. The van der Waals surface area contributed by atoms with Crippen LogP contribution in [0, 0.1) is 6.92 Å². The molecule has 78 valence electrons. The zero-order chi connectivity index (χ0) is 11.2. The summed E-state index contributed by atoms with van der Waals surface area (Å²) in [5.74, 6) is -1.15. The predicted molar refractivity (Wildman–Crippen MR) is 50.9 cm³/mol. The summed E-state index contributed by atoms with van der Waals surface area (Å²) < 4.78 is 6.04. The van der Waals surface area contributed by atoms with Crippen LogP contribution in [0.1, 0.15) is 16.1 Å². The molecule has 6 heteroatoms. The maximum absolute atomic E-state index is 11.7. The second-order valence-corrected chi connectivity index (χ2v) is 3.24. The van der Waals surface area contributed by atoms with Crippen LogP contribution in [-0.2, 0) is 7.05 Å². The van der Waals surface area contributed by atoms with Gasteiger partial charge in [0.05, 0.1) is 5.69 Å². The van der Waals surface area contributed by atoms with Crippen LogP contribution in [0.2, 0.25) is 0 Å². The minimum Gasteiger partial charge on any atom is -0.477 e. The van der Waals surface area contributed by atoms with Gasteiger partial charge in [-0.15, -0.1) is 0 Å². The minimum absolute atomic E-state index is 0.0306. The molecule has 2 aromatic rings. The topological polar surface area (TPSA) is 85.3 Å². The molecule has 0 spiro atoms. The molecule has 0 saturated heterocycles. The molecule has 1 N–H and O–H groups in total. The highest BCUT2D eigenvalue weighted by Gasteiger charge is 2.18. The van der Waals surface area contributed by atoms with Crippen molar-refractivity contribution in [1.82, 2.24) is 9.72 Å². The van der Waals surface area contributed by atoms with Crippen molar-refractivity contribution in [3.8, 4) is 0 Å². The summed E-state index contributed by atoms with van der Waals surface area (Å²) >= 11 is 0. The van der Waals surface area contributed by atoms with E-state index in [1.807, 2.05) is 0 Å².